The number of hydrogen-bond acceptors (Lipinski definition) is 4. The third-order valence-corrected chi connectivity index (χ3v) is 4.24. The van der Waals surface area contributed by atoms with Crippen LogP contribution in [0.5, 0.6) is 0 Å². The summed E-state index contributed by atoms with van der Waals surface area (Å²) < 4.78 is 2.65. The first kappa shape index (κ1) is 12.3. The summed E-state index contributed by atoms with van der Waals surface area (Å²) in [5.41, 5.74) is 1.27. The molecule has 0 spiro atoms. The molecule has 1 N–H and O–H groups in total. The highest BCUT2D eigenvalue weighted by Crippen LogP contribution is 2.27. The van der Waals surface area contributed by atoms with Gasteiger partial charge in [0, 0.05) is 34.7 Å². The predicted molar refractivity (Wildman–Crippen MR) is 78.1 cm³/mol. The van der Waals surface area contributed by atoms with Gasteiger partial charge in [-0.2, -0.15) is 5.10 Å². The fourth-order valence-corrected chi connectivity index (χ4v) is 3.08. The van der Waals surface area contributed by atoms with Gasteiger partial charge in [0.15, 0.2) is 5.82 Å². The summed E-state index contributed by atoms with van der Waals surface area (Å²) in [4.78, 5) is 19.9. The summed E-state index contributed by atoms with van der Waals surface area (Å²) in [6, 6.07) is 3.40. The van der Waals surface area contributed by atoms with E-state index in [0.29, 0.717) is 11.5 Å². The molecule has 0 amide bonds. The second kappa shape index (κ2) is 4.75. The fourth-order valence-electron chi connectivity index (χ4n) is 1.71. The Kier molecular flexibility index (Phi) is 3.08. The van der Waals surface area contributed by atoms with E-state index in [0.717, 1.165) is 14.9 Å². The maximum absolute atomic E-state index is 11.7. The van der Waals surface area contributed by atoms with E-state index in [9.17, 15) is 4.79 Å². The molecule has 96 valence electrons. The van der Waals surface area contributed by atoms with Crippen LogP contribution >= 0.6 is 27.3 Å². The molecule has 0 atom stereocenters. The fraction of sp³-hybridized carbons (Fsp3) is 0.0833. The molecule has 0 saturated heterocycles. The lowest BCUT2D eigenvalue weighted by atomic mass is 10.2. The summed E-state index contributed by atoms with van der Waals surface area (Å²) in [6.07, 6.45) is 3.52. The highest BCUT2D eigenvalue weighted by molar-refractivity contribution is 9.10. The highest BCUT2D eigenvalue weighted by atomic mass is 79.9. The molecule has 0 aliphatic heterocycles. The molecule has 0 aliphatic carbocycles. The van der Waals surface area contributed by atoms with E-state index in [4.69, 9.17) is 0 Å². The molecule has 0 aromatic carbocycles. The van der Waals surface area contributed by atoms with Gasteiger partial charge in [-0.3, -0.25) is 9.48 Å². The minimum absolute atomic E-state index is 0.173. The van der Waals surface area contributed by atoms with Gasteiger partial charge in [0.25, 0.3) is 5.56 Å². The van der Waals surface area contributed by atoms with Gasteiger partial charge in [-0.05, 0) is 22.0 Å². The minimum atomic E-state index is -0.173. The van der Waals surface area contributed by atoms with Crippen molar-refractivity contribution >= 4 is 27.3 Å². The molecular weight excluding hydrogens is 328 g/mol. The van der Waals surface area contributed by atoms with E-state index in [1.165, 1.54) is 17.4 Å². The summed E-state index contributed by atoms with van der Waals surface area (Å²) >= 11 is 4.91. The van der Waals surface area contributed by atoms with Crippen LogP contribution in [0.1, 0.15) is 0 Å². The van der Waals surface area contributed by atoms with E-state index in [1.807, 2.05) is 24.7 Å². The van der Waals surface area contributed by atoms with Crippen molar-refractivity contribution in [1.82, 2.24) is 19.7 Å². The van der Waals surface area contributed by atoms with Crippen LogP contribution in [0.4, 0.5) is 0 Å². The third kappa shape index (κ3) is 2.52. The molecular formula is C12H9BrN4OS. The maximum atomic E-state index is 11.7. The number of thiophene rings is 1. The number of rotatable bonds is 2. The zero-order valence-electron chi connectivity index (χ0n) is 9.92. The Labute approximate surface area is 121 Å². The zero-order valence-corrected chi connectivity index (χ0v) is 12.3. The predicted octanol–water partition coefficient (Wildman–Crippen LogP) is 2.66. The second-order valence-corrected chi connectivity index (χ2v) is 5.84. The Morgan fingerprint density at radius 3 is 2.89 bits per heavy atom. The van der Waals surface area contributed by atoms with Crippen molar-refractivity contribution in [1.29, 1.82) is 0 Å². The van der Waals surface area contributed by atoms with Crippen LogP contribution in [0.15, 0.2) is 39.2 Å². The smallest absolute Gasteiger partial charge is 0.251 e. The van der Waals surface area contributed by atoms with Gasteiger partial charge in [0.05, 0.1) is 16.8 Å². The minimum Gasteiger partial charge on any atom is -0.306 e. The van der Waals surface area contributed by atoms with Crippen LogP contribution in [0.2, 0.25) is 0 Å². The number of aryl methyl sites for hydroxylation is 1. The number of nitrogens with one attached hydrogen (secondary N) is 1. The Morgan fingerprint density at radius 2 is 2.26 bits per heavy atom. The zero-order chi connectivity index (χ0) is 13.4. The second-order valence-electron chi connectivity index (χ2n) is 4.01. The van der Waals surface area contributed by atoms with Crippen LogP contribution in [0.25, 0.3) is 22.0 Å². The van der Waals surface area contributed by atoms with E-state index in [1.54, 1.807) is 10.9 Å². The number of nitrogens with zero attached hydrogens (tertiary/aromatic N) is 3. The van der Waals surface area contributed by atoms with Crippen LogP contribution < -0.4 is 5.56 Å². The lowest BCUT2D eigenvalue weighted by molar-refractivity contribution is 0.768. The summed E-state index contributed by atoms with van der Waals surface area (Å²) in [5, 5.41) is 6.04. The average Bonchev–Trinajstić information content (AvgIpc) is 2.97. The lowest BCUT2D eigenvalue weighted by Gasteiger charge is -2.00. The van der Waals surface area contributed by atoms with Gasteiger partial charge in [-0.1, -0.05) is 0 Å². The van der Waals surface area contributed by atoms with Crippen molar-refractivity contribution in [2.45, 2.75) is 0 Å². The van der Waals surface area contributed by atoms with Gasteiger partial charge in [0.1, 0.15) is 0 Å². The van der Waals surface area contributed by atoms with Gasteiger partial charge in [-0.15, -0.1) is 11.3 Å². The molecule has 0 bridgehead atoms. The lowest BCUT2D eigenvalue weighted by Crippen LogP contribution is -2.07. The largest absolute Gasteiger partial charge is 0.306 e. The van der Waals surface area contributed by atoms with Crippen molar-refractivity contribution in [3.05, 3.63) is 44.7 Å². The Morgan fingerprint density at radius 1 is 1.42 bits per heavy atom. The first-order chi connectivity index (χ1) is 9.11. The van der Waals surface area contributed by atoms with E-state index in [2.05, 4.69) is 31.0 Å². The van der Waals surface area contributed by atoms with E-state index >= 15 is 0 Å². The van der Waals surface area contributed by atoms with Crippen molar-refractivity contribution in [2.75, 3.05) is 0 Å². The molecule has 19 heavy (non-hydrogen) atoms. The van der Waals surface area contributed by atoms with Crippen molar-refractivity contribution in [2.24, 2.45) is 7.05 Å². The monoisotopic (exact) mass is 336 g/mol. The molecule has 0 saturated carbocycles. The molecule has 3 heterocycles. The normalized spacial score (nSPS) is 10.8. The van der Waals surface area contributed by atoms with Gasteiger partial charge < -0.3 is 4.98 Å². The number of H-pyrrole nitrogens is 1. The molecule has 7 heteroatoms. The Bertz CT molecular complexity index is 727. The van der Waals surface area contributed by atoms with E-state index in [-0.39, 0.29) is 5.56 Å². The first-order valence-electron chi connectivity index (χ1n) is 5.46. The number of aromatic nitrogens is 4. The maximum Gasteiger partial charge on any atom is 0.251 e. The van der Waals surface area contributed by atoms with Gasteiger partial charge in [-0.25, -0.2) is 4.98 Å². The number of aromatic amines is 1. The van der Waals surface area contributed by atoms with Crippen LogP contribution in [-0.2, 0) is 7.05 Å². The Hall–Kier alpha value is -1.73. The number of hydrogen-bond donors (Lipinski definition) is 1. The van der Waals surface area contributed by atoms with Crippen molar-refractivity contribution in [3.8, 4) is 22.0 Å². The van der Waals surface area contributed by atoms with Crippen molar-refractivity contribution < 1.29 is 0 Å². The standard InChI is InChI=1S/C12H9BrN4OS/c1-17-5-7(4-14-17)9-3-11(18)16-12(15-9)10-2-8(13)6-19-10/h2-6H,1H3,(H,15,16,18). The molecule has 0 fully saturated rings. The third-order valence-electron chi connectivity index (χ3n) is 2.54. The van der Waals surface area contributed by atoms with Gasteiger partial charge >= 0.3 is 0 Å². The summed E-state index contributed by atoms with van der Waals surface area (Å²) in [6.45, 7) is 0. The van der Waals surface area contributed by atoms with E-state index < -0.39 is 0 Å². The molecule has 0 radical (unpaired) electrons. The molecule has 3 aromatic heterocycles. The first-order valence-corrected chi connectivity index (χ1v) is 7.14. The summed E-state index contributed by atoms with van der Waals surface area (Å²) in [5.74, 6) is 0.571. The van der Waals surface area contributed by atoms with Crippen LogP contribution in [-0.4, -0.2) is 19.7 Å². The highest BCUT2D eigenvalue weighted by Gasteiger charge is 2.09. The number of halogens is 1. The molecule has 5 nitrogen and oxygen atoms in total. The van der Waals surface area contributed by atoms with Crippen LogP contribution in [0, 0.1) is 0 Å². The van der Waals surface area contributed by atoms with Crippen LogP contribution in [0.3, 0.4) is 0 Å². The topological polar surface area (TPSA) is 63.6 Å². The SMILES string of the molecule is Cn1cc(-c2cc(=O)[nH]c(-c3cc(Br)cs3)n2)cn1. The average molecular weight is 337 g/mol. The molecule has 3 aromatic rings. The molecule has 0 aliphatic rings. The quantitative estimate of drug-likeness (QED) is 0.782. The van der Waals surface area contributed by atoms with Gasteiger partial charge in [0.2, 0.25) is 0 Å². The Balaban J connectivity index is 2.13. The molecule has 0 unspecified atom stereocenters. The molecule has 3 rings (SSSR count). The van der Waals surface area contributed by atoms with Crippen molar-refractivity contribution in [3.63, 3.8) is 0 Å². The summed E-state index contributed by atoms with van der Waals surface area (Å²) in [7, 11) is 1.83.